The Morgan fingerprint density at radius 3 is 2.05 bits per heavy atom. The highest BCUT2D eigenvalue weighted by molar-refractivity contribution is 5.89. The summed E-state index contributed by atoms with van der Waals surface area (Å²) in [5, 5.41) is 0. The number of esters is 1. The van der Waals surface area contributed by atoms with E-state index >= 15 is 0 Å². The SMILES string of the molecule is CCCc1ccccc1OCc1ccc(CCc2ccccc2)cc1.COC(=O)c1ccc2c(c1)CCCC2. The minimum Gasteiger partial charge on any atom is -0.489 e. The summed E-state index contributed by atoms with van der Waals surface area (Å²) in [6, 6.07) is 33.7. The van der Waals surface area contributed by atoms with Crippen LogP contribution >= 0.6 is 0 Å². The second-order valence-electron chi connectivity index (χ2n) is 10.1. The second kappa shape index (κ2) is 14.9. The fraction of sp³-hybridized carbons (Fsp3) is 0.306. The zero-order chi connectivity index (χ0) is 27.3. The summed E-state index contributed by atoms with van der Waals surface area (Å²) in [5.41, 5.74) is 8.66. The van der Waals surface area contributed by atoms with Gasteiger partial charge in [-0.2, -0.15) is 0 Å². The van der Waals surface area contributed by atoms with Gasteiger partial charge in [0.1, 0.15) is 12.4 Å². The third-order valence-corrected chi connectivity index (χ3v) is 7.22. The summed E-state index contributed by atoms with van der Waals surface area (Å²) >= 11 is 0. The molecular weight excluding hydrogens is 480 g/mol. The Hall–Kier alpha value is -3.85. The monoisotopic (exact) mass is 520 g/mol. The molecular formula is C36H40O3. The number of hydrogen-bond acceptors (Lipinski definition) is 3. The van der Waals surface area contributed by atoms with Crippen LogP contribution < -0.4 is 4.74 Å². The number of benzene rings is 4. The number of rotatable bonds is 9. The maximum Gasteiger partial charge on any atom is 0.337 e. The highest BCUT2D eigenvalue weighted by atomic mass is 16.5. The largest absolute Gasteiger partial charge is 0.489 e. The molecule has 0 atom stereocenters. The summed E-state index contributed by atoms with van der Waals surface area (Å²) in [5.74, 6) is 0.774. The molecule has 0 N–H and O–H groups in total. The van der Waals surface area contributed by atoms with Crippen LogP contribution in [0.5, 0.6) is 5.75 Å². The van der Waals surface area contributed by atoms with Crippen molar-refractivity contribution in [3.05, 3.63) is 136 Å². The van der Waals surface area contributed by atoms with Crippen molar-refractivity contribution in [1.29, 1.82) is 0 Å². The van der Waals surface area contributed by atoms with Crippen molar-refractivity contribution in [3.63, 3.8) is 0 Å². The maximum atomic E-state index is 11.3. The van der Waals surface area contributed by atoms with Crippen LogP contribution in [-0.2, 0) is 43.4 Å². The molecule has 202 valence electrons. The molecule has 1 aliphatic rings. The number of ether oxygens (including phenoxy) is 2. The summed E-state index contributed by atoms with van der Waals surface area (Å²) in [4.78, 5) is 11.3. The topological polar surface area (TPSA) is 35.5 Å². The molecule has 39 heavy (non-hydrogen) atoms. The number of para-hydroxylation sites is 1. The standard InChI is InChI=1S/C24H26O.C12H14O2/c1-2-8-23-11-6-7-12-24(23)25-19-22-17-15-21(16-18-22)14-13-20-9-4-3-5-10-20;1-14-12(13)11-7-6-9-4-2-3-5-10(9)8-11/h3-7,9-12,15-18H,2,8,13-14,19H2,1H3;6-8H,2-5H2,1H3. The predicted octanol–water partition coefficient (Wildman–Crippen LogP) is 8.36. The lowest BCUT2D eigenvalue weighted by atomic mass is 9.90. The maximum absolute atomic E-state index is 11.3. The molecule has 1 aliphatic carbocycles. The van der Waals surface area contributed by atoms with E-state index in [1.165, 1.54) is 53.3 Å². The molecule has 0 saturated carbocycles. The fourth-order valence-corrected chi connectivity index (χ4v) is 5.00. The second-order valence-corrected chi connectivity index (χ2v) is 10.1. The van der Waals surface area contributed by atoms with Crippen molar-refractivity contribution in [2.24, 2.45) is 0 Å². The Morgan fingerprint density at radius 2 is 1.33 bits per heavy atom. The van der Waals surface area contributed by atoms with Crippen LogP contribution in [0.3, 0.4) is 0 Å². The van der Waals surface area contributed by atoms with Crippen molar-refractivity contribution in [1.82, 2.24) is 0 Å². The van der Waals surface area contributed by atoms with Crippen molar-refractivity contribution in [2.75, 3.05) is 7.11 Å². The van der Waals surface area contributed by atoms with Crippen LogP contribution in [0, 0.1) is 0 Å². The van der Waals surface area contributed by atoms with Gasteiger partial charge in [-0.1, -0.05) is 92.2 Å². The van der Waals surface area contributed by atoms with Gasteiger partial charge >= 0.3 is 5.97 Å². The number of hydrogen-bond donors (Lipinski definition) is 0. The summed E-state index contributed by atoms with van der Waals surface area (Å²) in [6.45, 7) is 2.82. The van der Waals surface area contributed by atoms with Gasteiger partial charge in [-0.25, -0.2) is 4.79 Å². The molecule has 0 bridgehead atoms. The van der Waals surface area contributed by atoms with E-state index in [1.54, 1.807) is 0 Å². The van der Waals surface area contributed by atoms with Gasteiger partial charge in [0.2, 0.25) is 0 Å². The van der Waals surface area contributed by atoms with Crippen LogP contribution in [0.4, 0.5) is 0 Å². The van der Waals surface area contributed by atoms with Crippen molar-refractivity contribution in [3.8, 4) is 5.75 Å². The Bertz CT molecular complexity index is 1310. The van der Waals surface area contributed by atoms with Gasteiger partial charge in [-0.05, 0) is 96.5 Å². The zero-order valence-electron chi connectivity index (χ0n) is 23.3. The minimum atomic E-state index is -0.238. The third-order valence-electron chi connectivity index (χ3n) is 7.22. The van der Waals surface area contributed by atoms with Gasteiger partial charge < -0.3 is 9.47 Å². The van der Waals surface area contributed by atoms with Crippen LogP contribution in [0.1, 0.15) is 69.9 Å². The van der Waals surface area contributed by atoms with Gasteiger partial charge in [0.25, 0.3) is 0 Å². The van der Waals surface area contributed by atoms with E-state index < -0.39 is 0 Å². The molecule has 0 fully saturated rings. The average molecular weight is 521 g/mol. The molecule has 0 unspecified atom stereocenters. The molecule has 4 aromatic rings. The van der Waals surface area contributed by atoms with Gasteiger partial charge in [-0.3, -0.25) is 0 Å². The molecule has 0 amide bonds. The quantitative estimate of drug-likeness (QED) is 0.208. The van der Waals surface area contributed by atoms with E-state index in [1.807, 2.05) is 18.2 Å². The summed E-state index contributed by atoms with van der Waals surface area (Å²) in [6.07, 6.45) is 9.11. The lowest BCUT2D eigenvalue weighted by Gasteiger charge is -2.15. The Labute approximate surface area is 233 Å². The minimum absolute atomic E-state index is 0.238. The molecule has 0 heterocycles. The lowest BCUT2D eigenvalue weighted by Crippen LogP contribution is -2.07. The smallest absolute Gasteiger partial charge is 0.337 e. The summed E-state index contributed by atoms with van der Waals surface area (Å²) in [7, 11) is 1.42. The number of carbonyl (C=O) groups is 1. The Balaban J connectivity index is 0.000000212. The number of methoxy groups -OCH3 is 1. The van der Waals surface area contributed by atoms with E-state index in [0.717, 1.165) is 44.3 Å². The molecule has 0 radical (unpaired) electrons. The van der Waals surface area contributed by atoms with E-state index in [-0.39, 0.29) is 5.97 Å². The molecule has 3 heteroatoms. The summed E-state index contributed by atoms with van der Waals surface area (Å²) < 4.78 is 10.7. The number of carbonyl (C=O) groups excluding carboxylic acids is 1. The highest BCUT2D eigenvalue weighted by Crippen LogP contribution is 2.23. The van der Waals surface area contributed by atoms with Crippen LogP contribution in [0.25, 0.3) is 0 Å². The van der Waals surface area contributed by atoms with Crippen molar-refractivity contribution in [2.45, 2.75) is 64.9 Å². The first-order valence-electron chi connectivity index (χ1n) is 14.2. The van der Waals surface area contributed by atoms with Crippen molar-refractivity contribution >= 4 is 5.97 Å². The number of aryl methyl sites for hydroxylation is 5. The normalized spacial score (nSPS) is 12.1. The molecule has 0 spiro atoms. The fourth-order valence-electron chi connectivity index (χ4n) is 5.00. The predicted molar refractivity (Wildman–Crippen MR) is 159 cm³/mol. The highest BCUT2D eigenvalue weighted by Gasteiger charge is 2.12. The van der Waals surface area contributed by atoms with Crippen molar-refractivity contribution < 1.29 is 14.3 Å². The molecule has 5 rings (SSSR count). The van der Waals surface area contributed by atoms with E-state index in [4.69, 9.17) is 4.74 Å². The first-order chi connectivity index (χ1) is 19.2. The molecule has 0 aliphatic heterocycles. The zero-order valence-corrected chi connectivity index (χ0v) is 23.3. The van der Waals surface area contributed by atoms with Crippen LogP contribution in [-0.4, -0.2) is 13.1 Å². The third kappa shape index (κ3) is 8.58. The van der Waals surface area contributed by atoms with Gasteiger partial charge in [0, 0.05) is 0 Å². The van der Waals surface area contributed by atoms with Gasteiger partial charge in [-0.15, -0.1) is 0 Å². The molecule has 4 aromatic carbocycles. The first kappa shape index (κ1) is 28.2. The lowest BCUT2D eigenvalue weighted by molar-refractivity contribution is 0.0600. The molecule has 0 saturated heterocycles. The first-order valence-corrected chi connectivity index (χ1v) is 14.2. The van der Waals surface area contributed by atoms with Gasteiger partial charge in [0.05, 0.1) is 12.7 Å². The number of fused-ring (bicyclic) bond motifs is 1. The van der Waals surface area contributed by atoms with Crippen LogP contribution in [0.2, 0.25) is 0 Å². The van der Waals surface area contributed by atoms with Crippen LogP contribution in [0.15, 0.2) is 97.1 Å². The molecule has 3 nitrogen and oxygen atoms in total. The average Bonchev–Trinajstić information content (AvgIpc) is 3.00. The Kier molecular flexibility index (Phi) is 10.8. The van der Waals surface area contributed by atoms with E-state index in [0.29, 0.717) is 12.2 Å². The molecule has 0 aromatic heterocycles. The van der Waals surface area contributed by atoms with Gasteiger partial charge in [0.15, 0.2) is 0 Å². The van der Waals surface area contributed by atoms with E-state index in [9.17, 15) is 4.79 Å². The Morgan fingerprint density at radius 1 is 0.692 bits per heavy atom. The van der Waals surface area contributed by atoms with E-state index in [2.05, 4.69) is 90.5 Å².